The van der Waals surface area contributed by atoms with Gasteiger partial charge in [0, 0.05) is 19.5 Å². The molecular weight excluding hydrogens is 438 g/mol. The molecular formula is C30H61NO4. The average molecular weight is 500 g/mol. The van der Waals surface area contributed by atoms with Crippen LogP contribution in [0.4, 0.5) is 0 Å². The van der Waals surface area contributed by atoms with Crippen molar-refractivity contribution in [3.63, 3.8) is 0 Å². The van der Waals surface area contributed by atoms with Gasteiger partial charge in [-0.15, -0.1) is 0 Å². The van der Waals surface area contributed by atoms with Crippen molar-refractivity contribution in [2.24, 2.45) is 0 Å². The Balaban J connectivity index is 0. The second kappa shape index (κ2) is 33.1. The highest BCUT2D eigenvalue weighted by atomic mass is 16.4. The van der Waals surface area contributed by atoms with Crippen LogP contribution < -0.4 is 0 Å². The number of aliphatic carboxylic acids is 1. The summed E-state index contributed by atoms with van der Waals surface area (Å²) in [5.41, 5.74) is 0. The van der Waals surface area contributed by atoms with Gasteiger partial charge in [0.25, 0.3) is 0 Å². The van der Waals surface area contributed by atoms with Gasteiger partial charge in [-0.2, -0.15) is 0 Å². The highest BCUT2D eigenvalue weighted by molar-refractivity contribution is 5.66. The van der Waals surface area contributed by atoms with E-state index in [9.17, 15) is 4.79 Å². The van der Waals surface area contributed by atoms with Crippen LogP contribution in [-0.2, 0) is 4.79 Å². The number of carboxylic acid groups (broad SMARTS) is 1. The molecule has 3 N–H and O–H groups in total. The lowest BCUT2D eigenvalue weighted by atomic mass is 10.1. The Morgan fingerprint density at radius 3 is 1.40 bits per heavy atom. The molecule has 0 aromatic heterocycles. The summed E-state index contributed by atoms with van der Waals surface area (Å²) >= 11 is 0. The Bertz CT molecular complexity index is 423. The molecule has 0 aliphatic rings. The molecule has 0 heterocycles. The maximum Gasteiger partial charge on any atom is 0.303 e. The van der Waals surface area contributed by atoms with Crippen molar-refractivity contribution >= 4 is 5.97 Å². The summed E-state index contributed by atoms with van der Waals surface area (Å²) in [6.45, 7) is 7.17. The third-order valence-corrected chi connectivity index (χ3v) is 6.31. The molecule has 0 bridgehead atoms. The first-order valence-electron chi connectivity index (χ1n) is 14.9. The first-order valence-corrected chi connectivity index (χ1v) is 14.9. The molecule has 0 aromatic carbocycles. The number of carboxylic acids is 1. The van der Waals surface area contributed by atoms with Gasteiger partial charge in [-0.25, -0.2) is 0 Å². The molecule has 0 saturated carbocycles. The van der Waals surface area contributed by atoms with Gasteiger partial charge in [-0.05, 0) is 45.1 Å². The smallest absolute Gasteiger partial charge is 0.303 e. The fourth-order valence-electron chi connectivity index (χ4n) is 4.08. The fourth-order valence-corrected chi connectivity index (χ4v) is 4.08. The zero-order chi connectivity index (χ0) is 26.2. The molecule has 5 nitrogen and oxygen atoms in total. The van der Waals surface area contributed by atoms with Gasteiger partial charge in [0.2, 0.25) is 0 Å². The number of allylic oxidation sites excluding steroid dienone is 2. The number of rotatable bonds is 26. The molecule has 0 unspecified atom stereocenters. The monoisotopic (exact) mass is 499 g/mol. The molecule has 0 aliphatic carbocycles. The van der Waals surface area contributed by atoms with Crippen LogP contribution in [0, 0.1) is 0 Å². The van der Waals surface area contributed by atoms with Crippen molar-refractivity contribution in [3.8, 4) is 0 Å². The molecule has 0 amide bonds. The minimum Gasteiger partial charge on any atom is -0.481 e. The van der Waals surface area contributed by atoms with E-state index in [1.165, 1.54) is 109 Å². The van der Waals surface area contributed by atoms with Gasteiger partial charge in [-0.3, -0.25) is 9.69 Å². The number of nitrogens with zero attached hydrogens (tertiary/aromatic N) is 1. The highest BCUT2D eigenvalue weighted by Gasteiger charge is 2.02. The average Bonchev–Trinajstić information content (AvgIpc) is 2.84. The summed E-state index contributed by atoms with van der Waals surface area (Å²) in [5, 5.41) is 26.2. The number of aliphatic hydroxyl groups excluding tert-OH is 2. The Labute approximate surface area is 218 Å². The van der Waals surface area contributed by atoms with Crippen molar-refractivity contribution in [1.82, 2.24) is 4.90 Å². The molecule has 0 saturated heterocycles. The summed E-state index contributed by atoms with van der Waals surface area (Å²) in [7, 11) is 0. The van der Waals surface area contributed by atoms with Crippen LogP contribution in [0.2, 0.25) is 0 Å². The van der Waals surface area contributed by atoms with Crippen LogP contribution >= 0.6 is 0 Å². The second-order valence-electron chi connectivity index (χ2n) is 9.78. The van der Waals surface area contributed by atoms with E-state index >= 15 is 0 Å². The van der Waals surface area contributed by atoms with E-state index < -0.39 is 5.97 Å². The van der Waals surface area contributed by atoms with Gasteiger partial charge in [0.15, 0.2) is 0 Å². The summed E-state index contributed by atoms with van der Waals surface area (Å²) in [6, 6.07) is 0. The van der Waals surface area contributed by atoms with Crippen molar-refractivity contribution in [3.05, 3.63) is 12.2 Å². The van der Waals surface area contributed by atoms with Crippen LogP contribution in [0.1, 0.15) is 142 Å². The number of aliphatic hydroxyl groups is 2. The normalized spacial score (nSPS) is 11.2. The molecule has 0 spiro atoms. The number of carbonyl (C=O) groups is 1. The van der Waals surface area contributed by atoms with E-state index in [0.29, 0.717) is 19.5 Å². The lowest BCUT2D eigenvalue weighted by molar-refractivity contribution is -0.137. The molecule has 0 rings (SSSR count). The van der Waals surface area contributed by atoms with E-state index in [0.717, 1.165) is 19.4 Å². The van der Waals surface area contributed by atoms with Crippen LogP contribution in [0.5, 0.6) is 0 Å². The molecule has 0 aliphatic heterocycles. The van der Waals surface area contributed by atoms with Crippen molar-refractivity contribution in [2.45, 2.75) is 142 Å². The second-order valence-corrected chi connectivity index (χ2v) is 9.78. The molecule has 5 heteroatoms. The molecule has 35 heavy (non-hydrogen) atoms. The van der Waals surface area contributed by atoms with E-state index in [4.69, 9.17) is 15.3 Å². The maximum atomic E-state index is 10.0. The van der Waals surface area contributed by atoms with E-state index in [1.807, 2.05) is 0 Å². The standard InChI is InChI=1S/C22H45NO2.C8H16O2/c1-2-3-4-5-6-7-8-9-10-11-12-13-14-15-16-17-18-23(19-21-24)20-22-25;1-2-3-4-5-6-7-8(9)10/h9-10,24-25H,2-8,11-22H2,1H3;2-7H2,1H3,(H,9,10)/b10-9-;. The molecule has 210 valence electrons. The van der Waals surface area contributed by atoms with E-state index in [1.54, 1.807) is 0 Å². The Hall–Kier alpha value is -0.910. The Kier molecular flexibility index (Phi) is 34.3. The predicted molar refractivity (Wildman–Crippen MR) is 151 cm³/mol. The third-order valence-electron chi connectivity index (χ3n) is 6.31. The van der Waals surface area contributed by atoms with E-state index in [-0.39, 0.29) is 13.2 Å². The van der Waals surface area contributed by atoms with Gasteiger partial charge in [0.1, 0.15) is 0 Å². The maximum absolute atomic E-state index is 10.0. The van der Waals surface area contributed by atoms with Crippen molar-refractivity contribution in [2.75, 3.05) is 32.8 Å². The molecule has 0 radical (unpaired) electrons. The number of hydrogen-bond donors (Lipinski definition) is 3. The van der Waals surface area contributed by atoms with Gasteiger partial charge < -0.3 is 15.3 Å². The molecule has 0 fully saturated rings. The van der Waals surface area contributed by atoms with Crippen LogP contribution in [0.25, 0.3) is 0 Å². The summed E-state index contributed by atoms with van der Waals surface area (Å²) in [4.78, 5) is 12.2. The number of hydrogen-bond acceptors (Lipinski definition) is 4. The van der Waals surface area contributed by atoms with Gasteiger partial charge >= 0.3 is 5.97 Å². The summed E-state index contributed by atoms with van der Waals surface area (Å²) in [6.07, 6.45) is 29.3. The van der Waals surface area contributed by atoms with Crippen LogP contribution in [0.15, 0.2) is 12.2 Å². The molecule has 0 aromatic rings. The largest absolute Gasteiger partial charge is 0.481 e. The minimum absolute atomic E-state index is 0.187. The van der Waals surface area contributed by atoms with Crippen molar-refractivity contribution < 1.29 is 20.1 Å². The quantitative estimate of drug-likeness (QED) is 0.0837. The molecule has 0 atom stereocenters. The van der Waals surface area contributed by atoms with Crippen LogP contribution in [0.3, 0.4) is 0 Å². The Morgan fingerprint density at radius 1 is 0.571 bits per heavy atom. The van der Waals surface area contributed by atoms with Crippen LogP contribution in [-0.4, -0.2) is 59.0 Å². The summed E-state index contributed by atoms with van der Waals surface area (Å²) < 4.78 is 0. The highest BCUT2D eigenvalue weighted by Crippen LogP contribution is 2.10. The van der Waals surface area contributed by atoms with Gasteiger partial charge in [-0.1, -0.05) is 109 Å². The third kappa shape index (κ3) is 35.3. The first kappa shape index (κ1) is 36.2. The topological polar surface area (TPSA) is 81.0 Å². The Morgan fingerprint density at radius 2 is 0.971 bits per heavy atom. The van der Waals surface area contributed by atoms with Crippen molar-refractivity contribution in [1.29, 1.82) is 0 Å². The first-order chi connectivity index (χ1) is 17.1. The minimum atomic E-state index is -0.670. The number of unbranched alkanes of at least 4 members (excludes halogenated alkanes) is 16. The fraction of sp³-hybridized carbons (Fsp3) is 0.900. The lowest BCUT2D eigenvalue weighted by Gasteiger charge is -2.19. The summed E-state index contributed by atoms with van der Waals surface area (Å²) in [5.74, 6) is -0.670. The predicted octanol–water partition coefficient (Wildman–Crippen LogP) is 7.74. The SMILES string of the molecule is CCCCCCCC(=O)O.CCCCCCCC/C=C\CCCCCCCCN(CCO)CCO. The van der Waals surface area contributed by atoms with Gasteiger partial charge in [0.05, 0.1) is 13.2 Å². The zero-order valence-electron chi connectivity index (χ0n) is 23.5. The van der Waals surface area contributed by atoms with E-state index in [2.05, 4.69) is 30.9 Å². The zero-order valence-corrected chi connectivity index (χ0v) is 23.5. The lowest BCUT2D eigenvalue weighted by Crippen LogP contribution is -2.30.